The highest BCUT2D eigenvalue weighted by molar-refractivity contribution is 9.10. The number of hydrogen-bond donors (Lipinski definition) is 0. The van der Waals surface area contributed by atoms with Crippen molar-refractivity contribution in [1.82, 2.24) is 0 Å². The minimum absolute atomic E-state index is 0.386. The summed E-state index contributed by atoms with van der Waals surface area (Å²) in [4.78, 5) is 24.9. The van der Waals surface area contributed by atoms with Crippen LogP contribution in [0.5, 0.6) is 5.75 Å². The Balaban J connectivity index is 1.75. The molecule has 1 heterocycles. The second kappa shape index (κ2) is 7.44. The zero-order valence-corrected chi connectivity index (χ0v) is 16.5. The summed E-state index contributed by atoms with van der Waals surface area (Å²) in [5.74, 6) is -0.0680. The Morgan fingerprint density at radius 2 is 1.68 bits per heavy atom. The van der Waals surface area contributed by atoms with Crippen molar-refractivity contribution in [3.8, 4) is 16.9 Å². The molecule has 138 valence electrons. The molecule has 0 radical (unpaired) electrons. The molecular formula is C23H15BrO4. The Morgan fingerprint density at radius 1 is 0.964 bits per heavy atom. The third-order valence-electron chi connectivity index (χ3n) is 4.49. The van der Waals surface area contributed by atoms with Gasteiger partial charge in [0.05, 0.1) is 11.1 Å². The molecule has 0 saturated carbocycles. The fourth-order valence-electron chi connectivity index (χ4n) is 3.08. The van der Waals surface area contributed by atoms with Gasteiger partial charge >= 0.3 is 11.6 Å². The number of rotatable bonds is 3. The number of carbonyl (C=O) groups is 1. The Kier molecular flexibility index (Phi) is 4.84. The van der Waals surface area contributed by atoms with Crippen LogP contribution in [0.15, 0.2) is 86.5 Å². The van der Waals surface area contributed by atoms with Crippen LogP contribution in [-0.2, 0) is 0 Å². The smallest absolute Gasteiger partial charge is 0.344 e. The van der Waals surface area contributed by atoms with Gasteiger partial charge in [0.1, 0.15) is 11.3 Å². The lowest BCUT2D eigenvalue weighted by molar-refractivity contribution is 0.0735. The zero-order valence-electron chi connectivity index (χ0n) is 14.9. The first kappa shape index (κ1) is 18.2. The first-order valence-corrected chi connectivity index (χ1v) is 9.43. The monoisotopic (exact) mass is 434 g/mol. The summed E-state index contributed by atoms with van der Waals surface area (Å²) in [6.45, 7) is 1.86. The van der Waals surface area contributed by atoms with Crippen molar-refractivity contribution in [3.05, 3.63) is 98.8 Å². The van der Waals surface area contributed by atoms with Crippen LogP contribution in [0.3, 0.4) is 0 Å². The molecule has 1 aromatic heterocycles. The van der Waals surface area contributed by atoms with E-state index in [-0.39, 0.29) is 0 Å². The lowest BCUT2D eigenvalue weighted by atomic mass is 9.99. The van der Waals surface area contributed by atoms with Gasteiger partial charge in [0.2, 0.25) is 0 Å². The van der Waals surface area contributed by atoms with Gasteiger partial charge in [-0.15, -0.1) is 0 Å². The Morgan fingerprint density at radius 3 is 2.39 bits per heavy atom. The third-order valence-corrected chi connectivity index (χ3v) is 5.02. The average Bonchev–Trinajstić information content (AvgIpc) is 2.70. The standard InChI is InChI=1S/C23H15BrO4/c1-14-19-13-18(27-22(25)16-7-9-17(24)10-8-16)11-12-20(19)28-23(26)21(14)15-5-3-2-4-6-15/h2-13H,1H3. The maximum absolute atomic E-state index is 12.5. The van der Waals surface area contributed by atoms with Gasteiger partial charge < -0.3 is 9.15 Å². The SMILES string of the molecule is Cc1c(-c2ccccc2)c(=O)oc2ccc(OC(=O)c3ccc(Br)cc3)cc12. The van der Waals surface area contributed by atoms with Crippen molar-refractivity contribution in [1.29, 1.82) is 0 Å². The molecule has 0 aliphatic carbocycles. The summed E-state index contributed by atoms with van der Waals surface area (Å²) < 4.78 is 11.9. The predicted octanol–water partition coefficient (Wildman–Crippen LogP) is 5.75. The number of benzene rings is 3. The van der Waals surface area contributed by atoms with Crippen molar-refractivity contribution in [3.63, 3.8) is 0 Å². The first-order chi connectivity index (χ1) is 13.5. The number of hydrogen-bond acceptors (Lipinski definition) is 4. The molecule has 0 atom stereocenters. The first-order valence-electron chi connectivity index (χ1n) is 8.63. The quantitative estimate of drug-likeness (QED) is 0.234. The number of carbonyl (C=O) groups excluding carboxylic acids is 1. The van der Waals surface area contributed by atoms with E-state index in [0.717, 1.165) is 21.0 Å². The summed E-state index contributed by atoms with van der Waals surface area (Å²) in [5, 5.41) is 0.722. The Labute approximate surface area is 169 Å². The molecule has 0 N–H and O–H groups in total. The molecule has 0 saturated heterocycles. The summed E-state index contributed by atoms with van der Waals surface area (Å²) >= 11 is 3.34. The minimum Gasteiger partial charge on any atom is -0.423 e. The fraction of sp³-hybridized carbons (Fsp3) is 0.0435. The van der Waals surface area contributed by atoms with E-state index in [1.807, 2.05) is 37.3 Å². The van der Waals surface area contributed by atoms with Crippen LogP contribution in [0.25, 0.3) is 22.1 Å². The van der Waals surface area contributed by atoms with E-state index in [0.29, 0.717) is 22.5 Å². The van der Waals surface area contributed by atoms with E-state index in [1.165, 1.54) is 0 Å². The summed E-state index contributed by atoms with van der Waals surface area (Å²) in [6, 6.07) is 21.3. The summed E-state index contributed by atoms with van der Waals surface area (Å²) in [5.41, 5.74) is 2.57. The van der Waals surface area contributed by atoms with Gasteiger partial charge in [-0.2, -0.15) is 0 Å². The largest absolute Gasteiger partial charge is 0.423 e. The molecule has 0 aliphatic heterocycles. The number of esters is 1. The van der Waals surface area contributed by atoms with Gasteiger partial charge in [0.15, 0.2) is 0 Å². The molecule has 28 heavy (non-hydrogen) atoms. The van der Waals surface area contributed by atoms with Crippen LogP contribution in [0.4, 0.5) is 0 Å². The molecule has 3 aromatic carbocycles. The van der Waals surface area contributed by atoms with Gasteiger partial charge in [-0.3, -0.25) is 0 Å². The molecule has 0 bridgehead atoms. The summed E-state index contributed by atoms with van der Waals surface area (Å²) in [7, 11) is 0. The maximum Gasteiger partial charge on any atom is 0.344 e. The van der Waals surface area contributed by atoms with Gasteiger partial charge in [-0.1, -0.05) is 46.3 Å². The van der Waals surface area contributed by atoms with E-state index in [4.69, 9.17) is 9.15 Å². The van der Waals surface area contributed by atoms with Crippen molar-refractivity contribution in [2.75, 3.05) is 0 Å². The highest BCUT2D eigenvalue weighted by Gasteiger charge is 2.15. The minimum atomic E-state index is -0.454. The van der Waals surface area contributed by atoms with E-state index in [2.05, 4.69) is 15.9 Å². The van der Waals surface area contributed by atoms with Gasteiger partial charge in [0, 0.05) is 9.86 Å². The summed E-state index contributed by atoms with van der Waals surface area (Å²) in [6.07, 6.45) is 0. The van der Waals surface area contributed by atoms with Crippen molar-refractivity contribution < 1.29 is 13.9 Å². The number of halogens is 1. The predicted molar refractivity (Wildman–Crippen MR) is 112 cm³/mol. The third kappa shape index (κ3) is 3.49. The number of aryl methyl sites for hydroxylation is 1. The van der Waals surface area contributed by atoms with Crippen LogP contribution < -0.4 is 10.4 Å². The topological polar surface area (TPSA) is 56.5 Å². The van der Waals surface area contributed by atoms with E-state index in [9.17, 15) is 9.59 Å². The van der Waals surface area contributed by atoms with Crippen molar-refractivity contribution >= 4 is 32.9 Å². The normalized spacial score (nSPS) is 10.8. The zero-order chi connectivity index (χ0) is 19.7. The van der Waals surface area contributed by atoms with Gasteiger partial charge in [-0.25, -0.2) is 9.59 Å². The molecule has 4 rings (SSSR count). The van der Waals surface area contributed by atoms with Gasteiger partial charge in [-0.05, 0) is 60.5 Å². The second-order valence-corrected chi connectivity index (χ2v) is 7.23. The lowest BCUT2D eigenvalue weighted by Crippen LogP contribution is -2.09. The Bertz CT molecular complexity index is 1230. The average molecular weight is 435 g/mol. The molecule has 4 aromatic rings. The molecule has 0 fully saturated rings. The highest BCUT2D eigenvalue weighted by atomic mass is 79.9. The Hall–Kier alpha value is -3.18. The van der Waals surface area contributed by atoms with Crippen molar-refractivity contribution in [2.24, 2.45) is 0 Å². The fourth-order valence-corrected chi connectivity index (χ4v) is 3.35. The van der Waals surface area contributed by atoms with Gasteiger partial charge in [0.25, 0.3) is 0 Å². The van der Waals surface area contributed by atoms with Crippen LogP contribution in [0.1, 0.15) is 15.9 Å². The highest BCUT2D eigenvalue weighted by Crippen LogP contribution is 2.29. The molecule has 0 aliphatic rings. The number of fused-ring (bicyclic) bond motifs is 1. The van der Waals surface area contributed by atoms with Crippen LogP contribution >= 0.6 is 15.9 Å². The van der Waals surface area contributed by atoms with Crippen LogP contribution in [-0.4, -0.2) is 5.97 Å². The lowest BCUT2D eigenvalue weighted by Gasteiger charge is -2.10. The molecule has 5 heteroatoms. The van der Waals surface area contributed by atoms with Crippen LogP contribution in [0, 0.1) is 6.92 Å². The van der Waals surface area contributed by atoms with E-state index in [1.54, 1.807) is 42.5 Å². The van der Waals surface area contributed by atoms with E-state index < -0.39 is 11.6 Å². The molecule has 4 nitrogen and oxygen atoms in total. The molecular weight excluding hydrogens is 420 g/mol. The molecule has 0 spiro atoms. The molecule has 0 amide bonds. The maximum atomic E-state index is 12.5. The van der Waals surface area contributed by atoms with E-state index >= 15 is 0 Å². The van der Waals surface area contributed by atoms with Crippen molar-refractivity contribution in [2.45, 2.75) is 6.92 Å². The second-order valence-electron chi connectivity index (χ2n) is 6.31. The van der Waals surface area contributed by atoms with Crippen LogP contribution in [0.2, 0.25) is 0 Å². The number of ether oxygens (including phenoxy) is 1. The molecule has 0 unspecified atom stereocenters.